The van der Waals surface area contributed by atoms with E-state index in [0.29, 0.717) is 19.4 Å². The van der Waals surface area contributed by atoms with Crippen LogP contribution in [0.2, 0.25) is 0 Å². The van der Waals surface area contributed by atoms with Crippen molar-refractivity contribution in [2.24, 2.45) is 4.99 Å². The molecule has 138 valence electrons. The lowest BCUT2D eigenvalue weighted by Crippen LogP contribution is -2.38. The van der Waals surface area contributed by atoms with E-state index in [2.05, 4.69) is 20.6 Å². The molecule has 1 aromatic heterocycles. The molecule has 0 aromatic carbocycles. The minimum atomic E-state index is -0.0878. The van der Waals surface area contributed by atoms with Gasteiger partial charge in [0, 0.05) is 44.4 Å². The maximum atomic E-state index is 11.8. The zero-order valence-electron chi connectivity index (χ0n) is 15.2. The number of pyridine rings is 1. The Morgan fingerprint density at radius 3 is 2.88 bits per heavy atom. The van der Waals surface area contributed by atoms with Crippen LogP contribution in [0.3, 0.4) is 0 Å². The van der Waals surface area contributed by atoms with Gasteiger partial charge in [0.2, 0.25) is 0 Å². The van der Waals surface area contributed by atoms with E-state index in [1.54, 1.807) is 6.20 Å². The molecular formula is C19H30N4O2. The van der Waals surface area contributed by atoms with Gasteiger partial charge in [-0.1, -0.05) is 6.07 Å². The number of rotatable bonds is 9. The van der Waals surface area contributed by atoms with E-state index < -0.39 is 0 Å². The predicted molar refractivity (Wildman–Crippen MR) is 99.5 cm³/mol. The highest BCUT2D eigenvalue weighted by Crippen LogP contribution is 2.21. The summed E-state index contributed by atoms with van der Waals surface area (Å²) in [5.41, 5.74) is 1.06. The summed E-state index contributed by atoms with van der Waals surface area (Å²) >= 11 is 0. The monoisotopic (exact) mass is 346 g/mol. The van der Waals surface area contributed by atoms with Gasteiger partial charge in [0.05, 0.1) is 0 Å². The van der Waals surface area contributed by atoms with Crippen molar-refractivity contribution in [3.63, 3.8) is 0 Å². The second-order valence-electron chi connectivity index (χ2n) is 6.26. The number of hydrogen-bond acceptors (Lipinski definition) is 4. The normalized spacial score (nSPS) is 15.2. The third-order valence-electron chi connectivity index (χ3n) is 4.15. The maximum Gasteiger partial charge on any atom is 0.306 e. The Bertz CT molecular complexity index is 527. The number of aliphatic imine (C=N–C) groups is 1. The van der Waals surface area contributed by atoms with Gasteiger partial charge in [0.25, 0.3) is 0 Å². The molecule has 1 aliphatic carbocycles. The van der Waals surface area contributed by atoms with E-state index in [1.165, 1.54) is 12.8 Å². The highest BCUT2D eigenvalue weighted by molar-refractivity contribution is 5.79. The number of aromatic nitrogens is 1. The number of carbonyl (C=O) groups is 1. The smallest absolute Gasteiger partial charge is 0.306 e. The van der Waals surface area contributed by atoms with Crippen molar-refractivity contribution in [2.75, 3.05) is 19.6 Å². The zero-order valence-corrected chi connectivity index (χ0v) is 15.2. The molecule has 0 amide bonds. The average molecular weight is 346 g/mol. The van der Waals surface area contributed by atoms with Crippen LogP contribution in [-0.2, 0) is 16.0 Å². The first kappa shape index (κ1) is 19.2. The van der Waals surface area contributed by atoms with Crippen LogP contribution < -0.4 is 10.6 Å². The van der Waals surface area contributed by atoms with Crippen LogP contribution in [0.1, 0.15) is 51.1 Å². The molecule has 1 fully saturated rings. The quantitative estimate of drug-likeness (QED) is 0.311. The van der Waals surface area contributed by atoms with Crippen molar-refractivity contribution in [3.8, 4) is 0 Å². The summed E-state index contributed by atoms with van der Waals surface area (Å²) < 4.78 is 5.45. The molecule has 2 N–H and O–H groups in total. The summed E-state index contributed by atoms with van der Waals surface area (Å²) in [5.74, 6) is 0.692. The predicted octanol–water partition coefficient (Wildman–Crippen LogP) is 2.45. The fourth-order valence-electron chi connectivity index (χ4n) is 2.86. The number of nitrogens with zero attached hydrogens (tertiary/aromatic N) is 2. The molecule has 0 bridgehead atoms. The fourth-order valence-corrected chi connectivity index (χ4v) is 2.86. The Morgan fingerprint density at radius 1 is 1.32 bits per heavy atom. The lowest BCUT2D eigenvalue weighted by Gasteiger charge is -2.12. The van der Waals surface area contributed by atoms with E-state index >= 15 is 0 Å². The summed E-state index contributed by atoms with van der Waals surface area (Å²) in [6, 6.07) is 5.92. The first-order valence-electron chi connectivity index (χ1n) is 9.39. The molecule has 1 aliphatic rings. The number of carbonyl (C=O) groups excluding carboxylic acids is 1. The van der Waals surface area contributed by atoms with E-state index in [-0.39, 0.29) is 12.1 Å². The van der Waals surface area contributed by atoms with Crippen molar-refractivity contribution in [3.05, 3.63) is 30.1 Å². The van der Waals surface area contributed by atoms with Gasteiger partial charge in [0.15, 0.2) is 5.96 Å². The molecular weight excluding hydrogens is 316 g/mol. The van der Waals surface area contributed by atoms with Gasteiger partial charge in [-0.05, 0) is 51.2 Å². The second-order valence-corrected chi connectivity index (χ2v) is 6.26. The Balaban J connectivity index is 1.63. The summed E-state index contributed by atoms with van der Waals surface area (Å²) in [6.45, 7) is 4.22. The van der Waals surface area contributed by atoms with E-state index in [4.69, 9.17) is 4.74 Å². The Morgan fingerprint density at radius 2 is 2.16 bits per heavy atom. The third kappa shape index (κ3) is 8.01. The van der Waals surface area contributed by atoms with Crippen molar-refractivity contribution in [1.82, 2.24) is 15.6 Å². The molecule has 1 saturated carbocycles. The van der Waals surface area contributed by atoms with Gasteiger partial charge >= 0.3 is 5.97 Å². The molecule has 6 nitrogen and oxygen atoms in total. The van der Waals surface area contributed by atoms with Crippen molar-refractivity contribution < 1.29 is 9.53 Å². The molecule has 6 heteroatoms. The van der Waals surface area contributed by atoms with Gasteiger partial charge < -0.3 is 15.4 Å². The average Bonchev–Trinajstić information content (AvgIpc) is 3.12. The van der Waals surface area contributed by atoms with Crippen LogP contribution in [0.4, 0.5) is 0 Å². The topological polar surface area (TPSA) is 75.6 Å². The Labute approximate surface area is 150 Å². The fraction of sp³-hybridized carbons (Fsp3) is 0.632. The second kappa shape index (κ2) is 11.4. The van der Waals surface area contributed by atoms with Crippen LogP contribution in [0.15, 0.2) is 29.4 Å². The van der Waals surface area contributed by atoms with Crippen molar-refractivity contribution >= 4 is 11.9 Å². The van der Waals surface area contributed by atoms with E-state index in [0.717, 1.165) is 44.0 Å². The van der Waals surface area contributed by atoms with Crippen molar-refractivity contribution in [1.29, 1.82) is 0 Å². The highest BCUT2D eigenvalue weighted by atomic mass is 16.5. The molecule has 1 aromatic rings. The summed E-state index contributed by atoms with van der Waals surface area (Å²) in [7, 11) is 0. The minimum absolute atomic E-state index is 0.0878. The SMILES string of the molecule is CCNC(=NCCCC(=O)OC1CCCC1)NCCc1ccccn1. The van der Waals surface area contributed by atoms with Crippen molar-refractivity contribution in [2.45, 2.75) is 58.0 Å². The van der Waals surface area contributed by atoms with Gasteiger partial charge in [0.1, 0.15) is 6.10 Å². The van der Waals surface area contributed by atoms with E-state index in [1.807, 2.05) is 25.1 Å². The van der Waals surface area contributed by atoms with Gasteiger partial charge in [-0.2, -0.15) is 0 Å². The minimum Gasteiger partial charge on any atom is -0.462 e. The first-order chi connectivity index (χ1) is 12.3. The molecule has 2 rings (SSSR count). The number of esters is 1. The molecule has 0 aliphatic heterocycles. The van der Waals surface area contributed by atoms with Crippen LogP contribution >= 0.6 is 0 Å². The van der Waals surface area contributed by atoms with Crippen LogP contribution in [-0.4, -0.2) is 42.7 Å². The van der Waals surface area contributed by atoms with Gasteiger partial charge in [-0.15, -0.1) is 0 Å². The molecule has 25 heavy (non-hydrogen) atoms. The third-order valence-corrected chi connectivity index (χ3v) is 4.15. The summed E-state index contributed by atoms with van der Waals surface area (Å²) in [4.78, 5) is 20.6. The standard InChI is InChI=1S/C19H30N4O2/c1-2-20-19(23-15-12-16-8-5-6-13-21-16)22-14-7-11-18(24)25-17-9-3-4-10-17/h5-6,8,13,17H,2-4,7,9-12,14-15H2,1H3,(H2,20,22,23). The lowest BCUT2D eigenvalue weighted by atomic mass is 10.3. The summed E-state index contributed by atoms with van der Waals surface area (Å²) in [6.07, 6.45) is 8.36. The van der Waals surface area contributed by atoms with E-state index in [9.17, 15) is 4.79 Å². The highest BCUT2D eigenvalue weighted by Gasteiger charge is 2.18. The molecule has 0 saturated heterocycles. The van der Waals surface area contributed by atoms with Crippen LogP contribution in [0, 0.1) is 0 Å². The molecule has 0 spiro atoms. The number of hydrogen-bond donors (Lipinski definition) is 2. The Hall–Kier alpha value is -2.11. The summed E-state index contributed by atoms with van der Waals surface area (Å²) in [5, 5.41) is 6.52. The number of guanidine groups is 1. The van der Waals surface area contributed by atoms with Crippen LogP contribution in [0.25, 0.3) is 0 Å². The number of ether oxygens (including phenoxy) is 1. The Kier molecular flexibility index (Phi) is 8.80. The first-order valence-corrected chi connectivity index (χ1v) is 9.39. The molecule has 1 heterocycles. The molecule has 0 radical (unpaired) electrons. The number of nitrogens with one attached hydrogen (secondary N) is 2. The van der Waals surface area contributed by atoms with Gasteiger partial charge in [-0.3, -0.25) is 14.8 Å². The molecule has 0 atom stereocenters. The van der Waals surface area contributed by atoms with Gasteiger partial charge in [-0.25, -0.2) is 0 Å². The van der Waals surface area contributed by atoms with Crippen LogP contribution in [0.5, 0.6) is 0 Å². The lowest BCUT2D eigenvalue weighted by molar-refractivity contribution is -0.148. The zero-order chi connectivity index (χ0) is 17.7. The maximum absolute atomic E-state index is 11.8. The largest absolute Gasteiger partial charge is 0.462 e. The molecule has 0 unspecified atom stereocenters.